The Morgan fingerprint density at radius 1 is 1.22 bits per heavy atom. The molecule has 2 N–H and O–H groups in total. The van der Waals surface area contributed by atoms with Crippen LogP contribution >= 0.6 is 11.3 Å². The van der Waals surface area contributed by atoms with Gasteiger partial charge in [-0.2, -0.15) is 0 Å². The summed E-state index contributed by atoms with van der Waals surface area (Å²) >= 11 is 1.63. The molecule has 0 radical (unpaired) electrons. The third kappa shape index (κ3) is 5.53. The van der Waals surface area contributed by atoms with Crippen molar-refractivity contribution in [3.8, 4) is 11.1 Å². The highest BCUT2D eigenvalue weighted by Gasteiger charge is 2.23. The maximum absolute atomic E-state index is 13.1. The van der Waals surface area contributed by atoms with Crippen molar-refractivity contribution in [2.24, 2.45) is 0 Å². The van der Waals surface area contributed by atoms with E-state index in [0.717, 1.165) is 35.4 Å². The number of thiophene rings is 1. The zero-order chi connectivity index (χ0) is 25.9. The topological polar surface area (TPSA) is 114 Å². The molecule has 37 heavy (non-hydrogen) atoms. The number of pyridine rings is 2. The fourth-order valence-corrected chi connectivity index (χ4v) is 5.36. The predicted octanol–water partition coefficient (Wildman–Crippen LogP) is 3.98. The molecular weight excluding hydrogens is 490 g/mol. The standard InChI is InChI=1S/C26H29N7O3S/c1-16-5-4-8-32(16)13-24(34)28-20-10-22(17(2)27-11-20)29-26(35)25-23-7-6-18(12-33(23)31-30-25)19-9-21(14-36-3)37-15-19/h6-7,9-12,15-16H,4-5,8,13-14H2,1-3H3,(H,28,34)(H,29,35)/t16-/m0/s1. The molecule has 0 spiro atoms. The number of ether oxygens (including phenoxy) is 1. The van der Waals surface area contributed by atoms with Crippen LogP contribution in [0.5, 0.6) is 0 Å². The summed E-state index contributed by atoms with van der Waals surface area (Å²) in [6.45, 7) is 5.76. The van der Waals surface area contributed by atoms with Crippen LogP contribution in [0.4, 0.5) is 11.4 Å². The van der Waals surface area contributed by atoms with Crippen LogP contribution in [-0.2, 0) is 16.1 Å². The van der Waals surface area contributed by atoms with Crippen molar-refractivity contribution in [2.75, 3.05) is 30.8 Å². The monoisotopic (exact) mass is 519 g/mol. The van der Waals surface area contributed by atoms with Gasteiger partial charge in [0.1, 0.15) is 0 Å². The summed E-state index contributed by atoms with van der Waals surface area (Å²) in [7, 11) is 1.67. The van der Waals surface area contributed by atoms with Crippen LogP contribution < -0.4 is 10.6 Å². The van der Waals surface area contributed by atoms with Gasteiger partial charge in [-0.1, -0.05) is 11.3 Å². The first kappa shape index (κ1) is 25.0. The lowest BCUT2D eigenvalue weighted by atomic mass is 10.1. The highest BCUT2D eigenvalue weighted by molar-refractivity contribution is 7.10. The molecular formula is C26H29N7O3S. The first-order valence-electron chi connectivity index (χ1n) is 12.1. The normalized spacial score (nSPS) is 15.8. The summed E-state index contributed by atoms with van der Waals surface area (Å²) in [5.74, 6) is -0.503. The number of anilines is 2. The van der Waals surface area contributed by atoms with E-state index in [1.807, 2.05) is 18.3 Å². The fourth-order valence-electron chi connectivity index (χ4n) is 4.50. The molecule has 10 nitrogen and oxygen atoms in total. The summed E-state index contributed by atoms with van der Waals surface area (Å²) in [5, 5.41) is 16.1. The van der Waals surface area contributed by atoms with Gasteiger partial charge in [-0.05, 0) is 62.4 Å². The molecule has 1 atom stereocenters. The molecule has 1 aliphatic rings. The van der Waals surface area contributed by atoms with E-state index in [1.54, 1.807) is 42.1 Å². The Morgan fingerprint density at radius 3 is 2.86 bits per heavy atom. The SMILES string of the molecule is COCc1cc(-c2ccc3c(C(=O)Nc4cc(NC(=O)CN5CCC[C@@H]5C)cnc4C)nnn3c2)cs1. The van der Waals surface area contributed by atoms with E-state index in [2.05, 4.69) is 49.2 Å². The molecule has 0 bridgehead atoms. The Balaban J connectivity index is 1.29. The Hall–Kier alpha value is -3.67. The van der Waals surface area contributed by atoms with Gasteiger partial charge < -0.3 is 15.4 Å². The number of amides is 2. The van der Waals surface area contributed by atoms with Crippen LogP contribution in [0.3, 0.4) is 0 Å². The van der Waals surface area contributed by atoms with Crippen molar-refractivity contribution in [3.05, 3.63) is 58.3 Å². The van der Waals surface area contributed by atoms with Gasteiger partial charge >= 0.3 is 0 Å². The quantitative estimate of drug-likeness (QED) is 0.362. The van der Waals surface area contributed by atoms with Crippen molar-refractivity contribution in [2.45, 2.75) is 39.3 Å². The van der Waals surface area contributed by atoms with Gasteiger partial charge in [-0.25, -0.2) is 4.52 Å². The Bertz CT molecular complexity index is 1450. The van der Waals surface area contributed by atoms with E-state index in [-0.39, 0.29) is 11.6 Å². The van der Waals surface area contributed by atoms with E-state index >= 15 is 0 Å². The Labute approximate surface area is 218 Å². The van der Waals surface area contributed by atoms with Crippen LogP contribution in [0.1, 0.15) is 40.8 Å². The first-order chi connectivity index (χ1) is 17.9. The minimum Gasteiger partial charge on any atom is -0.379 e. The van der Waals surface area contributed by atoms with Crippen LogP contribution in [0.25, 0.3) is 16.6 Å². The molecule has 1 aliphatic heterocycles. The molecule has 1 saturated heterocycles. The van der Waals surface area contributed by atoms with Crippen LogP contribution in [0.2, 0.25) is 0 Å². The van der Waals surface area contributed by atoms with Crippen LogP contribution in [-0.4, -0.2) is 62.8 Å². The number of likely N-dealkylation sites (tertiary alicyclic amines) is 1. The molecule has 11 heteroatoms. The second-order valence-electron chi connectivity index (χ2n) is 9.24. The minimum absolute atomic E-state index is 0.100. The van der Waals surface area contributed by atoms with Crippen molar-refractivity contribution in [3.63, 3.8) is 0 Å². The van der Waals surface area contributed by atoms with Gasteiger partial charge in [0.05, 0.1) is 41.9 Å². The van der Waals surface area contributed by atoms with Crippen molar-refractivity contribution < 1.29 is 14.3 Å². The second kappa shape index (κ2) is 10.8. The molecule has 0 saturated carbocycles. The third-order valence-electron chi connectivity index (χ3n) is 6.56. The number of aryl methyl sites for hydroxylation is 1. The lowest BCUT2D eigenvalue weighted by Crippen LogP contribution is -2.35. The van der Waals surface area contributed by atoms with E-state index < -0.39 is 5.91 Å². The molecule has 1 fully saturated rings. The third-order valence-corrected chi connectivity index (χ3v) is 7.47. The van der Waals surface area contributed by atoms with E-state index in [4.69, 9.17) is 4.74 Å². The molecule has 4 aromatic rings. The number of rotatable bonds is 8. The van der Waals surface area contributed by atoms with Crippen molar-refractivity contribution in [1.29, 1.82) is 0 Å². The second-order valence-corrected chi connectivity index (χ2v) is 10.2. The predicted molar refractivity (Wildman–Crippen MR) is 143 cm³/mol. The molecule has 192 valence electrons. The van der Waals surface area contributed by atoms with E-state index in [9.17, 15) is 9.59 Å². The van der Waals surface area contributed by atoms with Gasteiger partial charge in [0.25, 0.3) is 5.91 Å². The number of hydrogen-bond acceptors (Lipinski definition) is 8. The van der Waals surface area contributed by atoms with Gasteiger partial charge in [0.15, 0.2) is 5.69 Å². The molecule has 0 aliphatic carbocycles. The highest BCUT2D eigenvalue weighted by atomic mass is 32.1. The summed E-state index contributed by atoms with van der Waals surface area (Å²) in [6.07, 6.45) is 5.66. The molecule has 5 heterocycles. The number of nitrogens with zero attached hydrogens (tertiary/aromatic N) is 5. The average molecular weight is 520 g/mol. The molecule has 4 aromatic heterocycles. The zero-order valence-corrected chi connectivity index (χ0v) is 21.8. The summed E-state index contributed by atoms with van der Waals surface area (Å²) < 4.78 is 6.80. The van der Waals surface area contributed by atoms with Gasteiger partial charge in [0.2, 0.25) is 5.91 Å². The van der Waals surface area contributed by atoms with Crippen molar-refractivity contribution >= 4 is 40.0 Å². The number of fused-ring (bicyclic) bond motifs is 1. The smallest absolute Gasteiger partial charge is 0.278 e. The summed E-state index contributed by atoms with van der Waals surface area (Å²) in [4.78, 5) is 33.3. The fraction of sp³-hybridized carbons (Fsp3) is 0.346. The molecule has 2 amide bonds. The number of carbonyl (C=O) groups excluding carboxylic acids is 2. The molecule has 0 unspecified atom stereocenters. The van der Waals surface area contributed by atoms with Crippen molar-refractivity contribution in [1.82, 2.24) is 24.7 Å². The number of hydrogen-bond donors (Lipinski definition) is 2. The minimum atomic E-state index is -0.403. The number of nitrogens with one attached hydrogen (secondary N) is 2. The Kier molecular flexibility index (Phi) is 7.26. The number of aromatic nitrogens is 4. The van der Waals surface area contributed by atoms with E-state index in [1.165, 1.54) is 0 Å². The van der Waals surface area contributed by atoms with Gasteiger partial charge in [-0.15, -0.1) is 16.4 Å². The maximum atomic E-state index is 13.1. The van der Waals surface area contributed by atoms with E-state index in [0.29, 0.717) is 41.8 Å². The first-order valence-corrected chi connectivity index (χ1v) is 13.0. The van der Waals surface area contributed by atoms with Gasteiger partial charge in [-0.3, -0.25) is 19.5 Å². The largest absolute Gasteiger partial charge is 0.379 e. The molecule has 0 aromatic carbocycles. The maximum Gasteiger partial charge on any atom is 0.278 e. The lowest BCUT2D eigenvalue weighted by molar-refractivity contribution is -0.117. The lowest BCUT2D eigenvalue weighted by Gasteiger charge is -2.20. The van der Waals surface area contributed by atoms with Gasteiger partial charge in [0, 0.05) is 29.8 Å². The van der Waals surface area contributed by atoms with Crippen LogP contribution in [0, 0.1) is 6.92 Å². The average Bonchev–Trinajstić information content (AvgIpc) is 3.61. The highest BCUT2D eigenvalue weighted by Crippen LogP contribution is 2.27. The van der Waals surface area contributed by atoms with Crippen LogP contribution in [0.15, 0.2) is 42.0 Å². The number of carbonyl (C=O) groups is 2. The Morgan fingerprint density at radius 2 is 2.08 bits per heavy atom. The summed E-state index contributed by atoms with van der Waals surface area (Å²) in [6, 6.07) is 7.97. The summed E-state index contributed by atoms with van der Waals surface area (Å²) in [5.41, 5.74) is 4.47. The molecule has 5 rings (SSSR count). The zero-order valence-electron chi connectivity index (χ0n) is 21.0. The number of methoxy groups -OCH3 is 1.